The molecule has 5 heteroatoms. The first-order valence-corrected chi connectivity index (χ1v) is 20.3. The van der Waals surface area contributed by atoms with Crippen LogP contribution in [0.25, 0.3) is 20.9 Å². The van der Waals surface area contributed by atoms with Gasteiger partial charge in [0.25, 0.3) is 0 Å². The highest BCUT2D eigenvalue weighted by atomic mass is 32.1. The minimum atomic E-state index is -0.0205. The molecule has 0 spiro atoms. The Balaban J connectivity index is 0.865. The maximum atomic E-state index is 13.6. The monoisotopic (exact) mass is 778 g/mol. The van der Waals surface area contributed by atoms with Gasteiger partial charge in [-0.3, -0.25) is 9.59 Å². The van der Waals surface area contributed by atoms with Crippen molar-refractivity contribution in [2.45, 2.75) is 0 Å². The average molecular weight is 779 g/mol. The van der Waals surface area contributed by atoms with Crippen LogP contribution < -0.4 is 9.80 Å². The Hall–Kier alpha value is -7.60. The van der Waals surface area contributed by atoms with Gasteiger partial charge in [0, 0.05) is 66.1 Å². The van der Waals surface area contributed by atoms with E-state index in [1.165, 1.54) is 0 Å². The lowest BCUT2D eigenvalue weighted by Crippen LogP contribution is -2.10. The van der Waals surface area contributed by atoms with Crippen LogP contribution in [0.15, 0.2) is 231 Å². The minimum absolute atomic E-state index is 0.0205. The van der Waals surface area contributed by atoms with Crippen LogP contribution in [-0.4, -0.2) is 11.6 Å². The number of nitrogens with zero attached hydrogens (tertiary/aromatic N) is 2. The van der Waals surface area contributed by atoms with E-state index in [1.54, 1.807) is 11.3 Å². The van der Waals surface area contributed by atoms with Gasteiger partial charge in [0.05, 0.1) is 0 Å². The molecule has 0 aliphatic heterocycles. The quantitative estimate of drug-likeness (QED) is 0.116. The van der Waals surface area contributed by atoms with Gasteiger partial charge in [-0.1, -0.05) is 121 Å². The Morgan fingerprint density at radius 2 is 0.508 bits per heavy atom. The second kappa shape index (κ2) is 16.9. The lowest BCUT2D eigenvalue weighted by atomic mass is 10.0. The first-order valence-electron chi connectivity index (χ1n) is 19.5. The molecule has 0 N–H and O–H groups in total. The Morgan fingerprint density at radius 3 is 0.780 bits per heavy atom. The molecule has 0 bridgehead atoms. The van der Waals surface area contributed by atoms with E-state index >= 15 is 0 Å². The van der Waals surface area contributed by atoms with E-state index in [0.29, 0.717) is 22.3 Å². The first-order chi connectivity index (χ1) is 29.1. The predicted molar refractivity (Wildman–Crippen MR) is 244 cm³/mol. The summed E-state index contributed by atoms with van der Waals surface area (Å²) >= 11 is 1.68. The summed E-state index contributed by atoms with van der Waals surface area (Å²) in [5, 5.41) is 0. The number of para-hydroxylation sites is 4. The zero-order valence-electron chi connectivity index (χ0n) is 32.1. The molecule has 59 heavy (non-hydrogen) atoms. The van der Waals surface area contributed by atoms with Crippen LogP contribution in [0.4, 0.5) is 34.1 Å². The van der Waals surface area contributed by atoms with Crippen molar-refractivity contribution in [3.05, 3.63) is 253 Å². The standard InChI is InChI=1S/C54H38N2O2S/c57-53(43-29-33-49(34-30-43)55(45-13-5-1-6-14-45)46-15-7-2-8-16-46)41-25-21-39(22-26-41)51-37-38-52(59-51)40-23-27-42(28-24-40)54(58)44-31-35-50(36-32-44)56(47-17-9-3-10-18-47)48-19-11-4-12-20-48/h1-38H. The molecular weight excluding hydrogens is 741 g/mol. The molecular formula is C54H38N2O2S. The lowest BCUT2D eigenvalue weighted by Gasteiger charge is -2.25. The summed E-state index contributed by atoms with van der Waals surface area (Å²) in [5.74, 6) is -0.0410. The largest absolute Gasteiger partial charge is 0.311 e. The highest BCUT2D eigenvalue weighted by molar-refractivity contribution is 7.18. The Morgan fingerprint density at radius 1 is 0.271 bits per heavy atom. The predicted octanol–water partition coefficient (Wildman–Crippen LogP) is 14.5. The van der Waals surface area contributed by atoms with E-state index < -0.39 is 0 Å². The van der Waals surface area contributed by atoms with Gasteiger partial charge in [0.15, 0.2) is 11.6 Å². The molecule has 282 valence electrons. The Labute approximate surface area is 348 Å². The van der Waals surface area contributed by atoms with Crippen LogP contribution in [0.1, 0.15) is 31.8 Å². The van der Waals surface area contributed by atoms with Crippen LogP contribution in [0.5, 0.6) is 0 Å². The number of ketones is 2. The zero-order valence-corrected chi connectivity index (χ0v) is 32.9. The third-order valence-electron chi connectivity index (χ3n) is 10.3. The normalized spacial score (nSPS) is 10.8. The molecule has 0 radical (unpaired) electrons. The number of anilines is 6. The van der Waals surface area contributed by atoms with Gasteiger partial charge in [-0.15, -0.1) is 11.3 Å². The van der Waals surface area contributed by atoms with Crippen molar-refractivity contribution in [1.82, 2.24) is 0 Å². The number of thiophene rings is 1. The third-order valence-corrected chi connectivity index (χ3v) is 11.5. The van der Waals surface area contributed by atoms with Crippen LogP contribution in [0, 0.1) is 0 Å². The highest BCUT2D eigenvalue weighted by Gasteiger charge is 2.17. The van der Waals surface area contributed by atoms with Gasteiger partial charge < -0.3 is 9.80 Å². The van der Waals surface area contributed by atoms with E-state index in [1.807, 2.05) is 170 Å². The second-order valence-electron chi connectivity index (χ2n) is 14.1. The van der Waals surface area contributed by atoms with E-state index in [9.17, 15) is 9.59 Å². The van der Waals surface area contributed by atoms with Gasteiger partial charge in [-0.25, -0.2) is 0 Å². The Kier molecular flexibility index (Phi) is 10.6. The average Bonchev–Trinajstić information content (AvgIpc) is 3.82. The third kappa shape index (κ3) is 8.01. The molecule has 9 aromatic rings. The van der Waals surface area contributed by atoms with Crippen LogP contribution in [-0.2, 0) is 0 Å². The molecule has 0 unspecified atom stereocenters. The smallest absolute Gasteiger partial charge is 0.193 e. The summed E-state index contributed by atoms with van der Waals surface area (Å²) in [5.41, 5.74) is 10.8. The number of carbonyl (C=O) groups is 2. The van der Waals surface area contributed by atoms with Crippen molar-refractivity contribution in [1.29, 1.82) is 0 Å². The van der Waals surface area contributed by atoms with Gasteiger partial charge in [0.2, 0.25) is 0 Å². The second-order valence-corrected chi connectivity index (χ2v) is 15.2. The Bertz CT molecular complexity index is 2530. The molecule has 0 atom stereocenters. The van der Waals surface area contributed by atoms with Crippen molar-refractivity contribution >= 4 is 57.0 Å². The van der Waals surface area contributed by atoms with Crippen molar-refractivity contribution in [3.63, 3.8) is 0 Å². The van der Waals surface area contributed by atoms with Crippen LogP contribution in [0.3, 0.4) is 0 Å². The molecule has 4 nitrogen and oxygen atoms in total. The van der Waals surface area contributed by atoms with Crippen molar-refractivity contribution in [2.75, 3.05) is 9.80 Å². The topological polar surface area (TPSA) is 40.6 Å². The van der Waals surface area contributed by atoms with Crippen LogP contribution in [0.2, 0.25) is 0 Å². The fourth-order valence-electron chi connectivity index (χ4n) is 7.28. The van der Waals surface area contributed by atoms with Crippen molar-refractivity contribution in [2.24, 2.45) is 0 Å². The number of benzene rings is 8. The number of hydrogen-bond acceptors (Lipinski definition) is 5. The highest BCUT2D eigenvalue weighted by Crippen LogP contribution is 2.37. The number of carbonyl (C=O) groups excluding carboxylic acids is 2. The molecule has 8 aromatic carbocycles. The molecule has 1 heterocycles. The van der Waals surface area contributed by atoms with Crippen molar-refractivity contribution < 1.29 is 9.59 Å². The molecule has 0 amide bonds. The fourth-order valence-corrected chi connectivity index (χ4v) is 8.30. The maximum absolute atomic E-state index is 13.6. The van der Waals surface area contributed by atoms with Gasteiger partial charge in [0.1, 0.15) is 0 Å². The number of hydrogen-bond donors (Lipinski definition) is 0. The van der Waals surface area contributed by atoms with Gasteiger partial charge in [-0.2, -0.15) is 0 Å². The molecule has 0 aliphatic rings. The summed E-state index contributed by atoms with van der Waals surface area (Å²) in [6, 6.07) is 76.3. The summed E-state index contributed by atoms with van der Waals surface area (Å²) in [6.07, 6.45) is 0. The maximum Gasteiger partial charge on any atom is 0.193 e. The van der Waals surface area contributed by atoms with Gasteiger partial charge in [-0.05, 0) is 120 Å². The molecule has 1 aromatic heterocycles. The molecule has 9 rings (SSSR count). The molecule has 0 saturated heterocycles. The lowest BCUT2D eigenvalue weighted by molar-refractivity contribution is 0.103. The van der Waals surface area contributed by atoms with Crippen LogP contribution >= 0.6 is 11.3 Å². The summed E-state index contributed by atoms with van der Waals surface area (Å²) in [7, 11) is 0. The van der Waals surface area contributed by atoms with Gasteiger partial charge >= 0.3 is 0 Å². The van der Waals surface area contributed by atoms with E-state index in [2.05, 4.69) is 70.5 Å². The minimum Gasteiger partial charge on any atom is -0.311 e. The summed E-state index contributed by atoms with van der Waals surface area (Å²) < 4.78 is 0. The fraction of sp³-hybridized carbons (Fsp3) is 0. The van der Waals surface area contributed by atoms with E-state index in [4.69, 9.17) is 0 Å². The SMILES string of the molecule is O=C(c1ccc(-c2ccc(-c3ccc(C(=O)c4ccc(N(c5ccccc5)c5ccccc5)cc4)cc3)s2)cc1)c1ccc(N(c2ccccc2)c2ccccc2)cc1. The molecule has 0 aliphatic carbocycles. The molecule has 0 fully saturated rings. The van der Waals surface area contributed by atoms with Crippen molar-refractivity contribution in [3.8, 4) is 20.9 Å². The van der Waals surface area contributed by atoms with E-state index in [0.717, 1.165) is 55.0 Å². The first kappa shape index (κ1) is 37.0. The number of rotatable bonds is 12. The summed E-state index contributed by atoms with van der Waals surface area (Å²) in [6.45, 7) is 0. The molecule has 0 saturated carbocycles. The summed E-state index contributed by atoms with van der Waals surface area (Å²) in [4.78, 5) is 33.7. The zero-order chi connectivity index (χ0) is 40.0. The van der Waals surface area contributed by atoms with E-state index in [-0.39, 0.29) is 11.6 Å².